The summed E-state index contributed by atoms with van der Waals surface area (Å²) in [6.07, 6.45) is 0. The molecule has 0 spiro atoms. The molecule has 0 aromatic heterocycles. The maximum absolute atomic E-state index is 11.5. The number of nitrogens with one attached hydrogen (secondary N) is 1. The van der Waals surface area contributed by atoms with Crippen LogP contribution < -0.4 is 16.9 Å². The van der Waals surface area contributed by atoms with Gasteiger partial charge in [0, 0.05) is 15.6 Å². The number of hydrogen-bond donors (Lipinski definition) is 3. The Hall–Kier alpha value is -1.17. The molecule has 1 aromatic carbocycles. The Bertz CT molecular complexity index is 401. The maximum Gasteiger partial charge on any atom is 0.258 e. The molecule has 0 bridgehead atoms. The molecule has 5 nitrogen and oxygen atoms in total. The predicted molar refractivity (Wildman–Crippen MR) is 67.0 cm³/mol. The molecular formula is C8H9Cl3N4O. The number of halogens is 3. The lowest BCUT2D eigenvalue weighted by atomic mass is 10.2. The van der Waals surface area contributed by atoms with Gasteiger partial charge >= 0.3 is 0 Å². The molecular weight excluding hydrogens is 274 g/mol. The first-order valence-corrected chi connectivity index (χ1v) is 4.59. The number of carbonyl (C=O) groups is 1. The highest BCUT2D eigenvalue weighted by Crippen LogP contribution is 2.18. The van der Waals surface area contributed by atoms with E-state index in [9.17, 15) is 4.79 Å². The van der Waals surface area contributed by atoms with Gasteiger partial charge in [-0.3, -0.25) is 10.1 Å². The molecule has 0 saturated heterocycles. The summed E-state index contributed by atoms with van der Waals surface area (Å²) in [5, 5.41) is 6.06. The van der Waals surface area contributed by atoms with Crippen LogP contribution in [0.1, 0.15) is 10.4 Å². The largest absolute Gasteiger partial charge is 0.368 e. The van der Waals surface area contributed by atoms with Crippen LogP contribution in [-0.4, -0.2) is 11.9 Å². The Kier molecular flexibility index (Phi) is 5.95. The van der Waals surface area contributed by atoms with Crippen LogP contribution in [-0.2, 0) is 0 Å². The van der Waals surface area contributed by atoms with Gasteiger partial charge in [0.1, 0.15) is 0 Å². The Morgan fingerprint density at radius 2 is 1.75 bits per heavy atom. The highest BCUT2D eigenvalue weighted by Gasteiger charge is 2.08. The van der Waals surface area contributed by atoms with Gasteiger partial charge in [0.15, 0.2) is 0 Å². The van der Waals surface area contributed by atoms with Crippen LogP contribution in [0.2, 0.25) is 10.0 Å². The summed E-state index contributed by atoms with van der Waals surface area (Å²) >= 11 is 11.4. The summed E-state index contributed by atoms with van der Waals surface area (Å²) in [4.78, 5) is 11.5. The van der Waals surface area contributed by atoms with Gasteiger partial charge in [-0.1, -0.05) is 23.2 Å². The predicted octanol–water partition coefficient (Wildman–Crippen LogP) is 1.33. The molecule has 5 N–H and O–H groups in total. The number of rotatable bonds is 1. The minimum atomic E-state index is -0.480. The van der Waals surface area contributed by atoms with Crippen LogP contribution in [0.25, 0.3) is 0 Å². The zero-order valence-electron chi connectivity index (χ0n) is 7.91. The van der Waals surface area contributed by atoms with E-state index in [1.165, 1.54) is 18.2 Å². The molecule has 1 aromatic rings. The van der Waals surface area contributed by atoms with Gasteiger partial charge in [-0.15, -0.1) is 17.5 Å². The van der Waals surface area contributed by atoms with Gasteiger partial charge in [0.05, 0.1) is 0 Å². The smallest absolute Gasteiger partial charge is 0.258 e. The topological polar surface area (TPSA) is 93.5 Å². The molecule has 0 saturated carbocycles. The molecule has 0 fully saturated rings. The number of nitrogens with two attached hydrogens (primary N) is 2. The van der Waals surface area contributed by atoms with Gasteiger partial charge < -0.3 is 11.6 Å². The fourth-order valence-corrected chi connectivity index (χ4v) is 1.43. The van der Waals surface area contributed by atoms with Crippen LogP contribution in [0.5, 0.6) is 0 Å². The van der Waals surface area contributed by atoms with Crippen molar-refractivity contribution in [1.82, 2.24) is 5.32 Å². The minimum Gasteiger partial charge on any atom is -0.368 e. The fraction of sp³-hybridized carbons (Fsp3) is 0. The van der Waals surface area contributed by atoms with Crippen molar-refractivity contribution >= 4 is 47.5 Å². The maximum atomic E-state index is 11.5. The lowest BCUT2D eigenvalue weighted by molar-refractivity contribution is 0.0976. The third kappa shape index (κ3) is 4.14. The monoisotopic (exact) mass is 282 g/mol. The SMILES string of the molecule is Cl.NN=C(N)NC(=O)c1cc(Cl)cc(Cl)c1. The van der Waals surface area contributed by atoms with Crippen molar-refractivity contribution in [3.8, 4) is 0 Å². The van der Waals surface area contributed by atoms with Crippen LogP contribution >= 0.6 is 35.6 Å². The van der Waals surface area contributed by atoms with Gasteiger partial charge in [0.25, 0.3) is 5.91 Å². The molecule has 1 rings (SSSR count). The first kappa shape index (κ1) is 14.8. The highest BCUT2D eigenvalue weighted by molar-refractivity contribution is 6.35. The number of amides is 1. The van der Waals surface area contributed by atoms with Crippen molar-refractivity contribution in [2.75, 3.05) is 0 Å². The Morgan fingerprint density at radius 1 is 1.25 bits per heavy atom. The van der Waals surface area contributed by atoms with Gasteiger partial charge in [-0.2, -0.15) is 0 Å². The first-order valence-electron chi connectivity index (χ1n) is 3.83. The normalized spacial score (nSPS) is 10.5. The summed E-state index contributed by atoms with van der Waals surface area (Å²) in [7, 11) is 0. The van der Waals surface area contributed by atoms with Crippen LogP contribution in [0.4, 0.5) is 0 Å². The van der Waals surface area contributed by atoms with Crippen LogP contribution in [0, 0.1) is 0 Å². The third-order valence-electron chi connectivity index (χ3n) is 1.51. The first-order chi connectivity index (χ1) is 7.02. The van der Waals surface area contributed by atoms with E-state index in [1.54, 1.807) is 0 Å². The lowest BCUT2D eigenvalue weighted by Gasteiger charge is -2.04. The van der Waals surface area contributed by atoms with Crippen LogP contribution in [0.3, 0.4) is 0 Å². The fourth-order valence-electron chi connectivity index (χ4n) is 0.906. The lowest BCUT2D eigenvalue weighted by Crippen LogP contribution is -2.37. The summed E-state index contributed by atoms with van der Waals surface area (Å²) in [6, 6.07) is 4.42. The van der Waals surface area contributed by atoms with E-state index in [1.807, 2.05) is 0 Å². The van der Waals surface area contributed by atoms with Gasteiger partial charge in [0.2, 0.25) is 5.96 Å². The second-order valence-corrected chi connectivity index (χ2v) is 3.50. The van der Waals surface area contributed by atoms with Crippen molar-refractivity contribution in [2.45, 2.75) is 0 Å². The average molecular weight is 284 g/mol. The Labute approximate surface area is 108 Å². The molecule has 88 valence electrons. The number of guanidine groups is 1. The summed E-state index contributed by atoms with van der Waals surface area (Å²) in [5.74, 6) is 4.19. The van der Waals surface area contributed by atoms with E-state index < -0.39 is 5.91 Å². The zero-order valence-corrected chi connectivity index (χ0v) is 10.2. The molecule has 0 heterocycles. The van der Waals surface area contributed by atoms with Gasteiger partial charge in [-0.05, 0) is 18.2 Å². The van der Waals surface area contributed by atoms with Crippen molar-refractivity contribution in [3.63, 3.8) is 0 Å². The number of nitrogens with zero attached hydrogens (tertiary/aromatic N) is 1. The van der Waals surface area contributed by atoms with Crippen molar-refractivity contribution < 1.29 is 4.79 Å². The molecule has 16 heavy (non-hydrogen) atoms. The van der Waals surface area contributed by atoms with Crippen molar-refractivity contribution in [2.24, 2.45) is 16.7 Å². The highest BCUT2D eigenvalue weighted by atomic mass is 35.5. The molecule has 0 aliphatic rings. The third-order valence-corrected chi connectivity index (χ3v) is 1.94. The summed E-state index contributed by atoms with van der Waals surface area (Å²) in [6.45, 7) is 0. The summed E-state index contributed by atoms with van der Waals surface area (Å²) < 4.78 is 0. The average Bonchev–Trinajstić information content (AvgIpc) is 2.16. The molecule has 0 atom stereocenters. The van der Waals surface area contributed by atoms with E-state index in [-0.39, 0.29) is 23.9 Å². The second kappa shape index (κ2) is 6.42. The summed E-state index contributed by atoms with van der Waals surface area (Å²) in [5.41, 5.74) is 5.49. The van der Waals surface area contributed by atoms with Crippen molar-refractivity contribution in [1.29, 1.82) is 0 Å². The number of carbonyl (C=O) groups excluding carboxylic acids is 1. The minimum absolute atomic E-state index is 0. The molecule has 0 aliphatic heterocycles. The number of hydrazone groups is 1. The molecule has 1 amide bonds. The van der Waals surface area contributed by atoms with Gasteiger partial charge in [-0.25, -0.2) is 0 Å². The van der Waals surface area contributed by atoms with E-state index in [4.69, 9.17) is 34.8 Å². The number of hydrogen-bond acceptors (Lipinski definition) is 3. The van der Waals surface area contributed by atoms with Crippen molar-refractivity contribution in [3.05, 3.63) is 33.8 Å². The molecule has 0 unspecified atom stereocenters. The van der Waals surface area contributed by atoms with Crippen LogP contribution in [0.15, 0.2) is 23.3 Å². The molecule has 0 radical (unpaired) electrons. The Morgan fingerprint density at radius 3 is 2.19 bits per heavy atom. The zero-order chi connectivity index (χ0) is 11.4. The van der Waals surface area contributed by atoms with E-state index in [0.29, 0.717) is 10.0 Å². The quantitative estimate of drug-likeness (QED) is 0.314. The Balaban J connectivity index is 0.00000225. The molecule has 0 aliphatic carbocycles. The molecule has 8 heteroatoms. The standard InChI is InChI=1S/C8H8Cl2N4O.ClH/c9-5-1-4(2-6(10)3-5)7(15)13-8(11)14-12;/h1-3H,12H2,(H3,11,13,14,15);1H. The number of benzene rings is 1. The second-order valence-electron chi connectivity index (χ2n) is 2.63. The van der Waals surface area contributed by atoms with E-state index in [2.05, 4.69) is 10.4 Å². The van der Waals surface area contributed by atoms with E-state index in [0.717, 1.165) is 0 Å². The van der Waals surface area contributed by atoms with E-state index >= 15 is 0 Å².